The summed E-state index contributed by atoms with van der Waals surface area (Å²) in [5.74, 6) is 0.464. The summed E-state index contributed by atoms with van der Waals surface area (Å²) in [6.45, 7) is 3.44. The van der Waals surface area contributed by atoms with Crippen molar-refractivity contribution in [2.45, 2.75) is 13.8 Å². The van der Waals surface area contributed by atoms with Crippen LogP contribution >= 0.6 is 0 Å². The normalized spacial score (nSPS) is 10.2. The highest BCUT2D eigenvalue weighted by Gasteiger charge is 2.12. The summed E-state index contributed by atoms with van der Waals surface area (Å²) in [5, 5.41) is 5.83. The first-order valence-electron chi connectivity index (χ1n) is 8.63. The van der Waals surface area contributed by atoms with Crippen molar-refractivity contribution in [2.75, 3.05) is 17.7 Å². The Hall–Kier alpha value is -3.74. The average molecular weight is 376 g/mol. The molecule has 0 aliphatic carbocycles. The summed E-state index contributed by atoms with van der Waals surface area (Å²) in [4.78, 5) is 32.3. The van der Waals surface area contributed by atoms with E-state index in [2.05, 4.69) is 20.6 Å². The number of rotatable bonds is 6. The van der Waals surface area contributed by atoms with Crippen molar-refractivity contribution in [3.05, 3.63) is 71.5 Å². The molecule has 0 radical (unpaired) electrons. The van der Waals surface area contributed by atoms with Crippen molar-refractivity contribution in [3.8, 4) is 5.75 Å². The molecule has 0 fully saturated rings. The van der Waals surface area contributed by atoms with Gasteiger partial charge in [0, 0.05) is 17.4 Å². The van der Waals surface area contributed by atoms with Crippen LogP contribution < -0.4 is 15.4 Å². The minimum atomic E-state index is -0.374. The molecule has 3 aromatic rings. The number of anilines is 3. The monoisotopic (exact) mass is 376 g/mol. The van der Waals surface area contributed by atoms with Crippen LogP contribution in [0.1, 0.15) is 33.3 Å². The van der Waals surface area contributed by atoms with E-state index in [-0.39, 0.29) is 23.3 Å². The molecule has 142 valence electrons. The first-order chi connectivity index (χ1) is 13.5. The summed E-state index contributed by atoms with van der Waals surface area (Å²) in [5.41, 5.74) is 3.10. The van der Waals surface area contributed by atoms with Crippen molar-refractivity contribution in [1.29, 1.82) is 0 Å². The maximum absolute atomic E-state index is 12.6. The number of hydrogen-bond acceptors (Lipinski definition) is 6. The van der Waals surface area contributed by atoms with Gasteiger partial charge in [0.2, 0.25) is 5.95 Å². The molecule has 0 unspecified atom stereocenters. The second kappa shape index (κ2) is 8.30. The van der Waals surface area contributed by atoms with E-state index in [9.17, 15) is 9.59 Å². The lowest BCUT2D eigenvalue weighted by Crippen LogP contribution is -2.15. The van der Waals surface area contributed by atoms with Gasteiger partial charge >= 0.3 is 0 Å². The van der Waals surface area contributed by atoms with Gasteiger partial charge in [-0.05, 0) is 61.9 Å². The zero-order valence-electron chi connectivity index (χ0n) is 15.8. The Labute approximate surface area is 162 Å². The summed E-state index contributed by atoms with van der Waals surface area (Å²) >= 11 is 0. The number of amides is 1. The highest BCUT2D eigenvalue weighted by molar-refractivity contribution is 6.03. The number of hydrogen-bond donors (Lipinski definition) is 2. The van der Waals surface area contributed by atoms with Gasteiger partial charge in [0.25, 0.3) is 5.91 Å². The SMILES string of the molecule is COc1ccc(C)cc1NC(=O)c1ccnc(Nc2ccc(C(C)=O)cc2)n1. The molecule has 0 saturated heterocycles. The van der Waals surface area contributed by atoms with Crippen molar-refractivity contribution in [1.82, 2.24) is 9.97 Å². The van der Waals surface area contributed by atoms with Crippen LogP contribution in [-0.2, 0) is 0 Å². The predicted molar refractivity (Wildman–Crippen MR) is 107 cm³/mol. The molecule has 0 spiro atoms. The number of nitrogens with one attached hydrogen (secondary N) is 2. The zero-order valence-corrected chi connectivity index (χ0v) is 15.8. The molecule has 1 amide bonds. The highest BCUT2D eigenvalue weighted by atomic mass is 16.5. The molecule has 1 aromatic heterocycles. The largest absolute Gasteiger partial charge is 0.495 e. The molecule has 2 aromatic carbocycles. The van der Waals surface area contributed by atoms with Crippen LogP contribution in [0.2, 0.25) is 0 Å². The van der Waals surface area contributed by atoms with Crippen LogP contribution in [0, 0.1) is 6.92 Å². The maximum Gasteiger partial charge on any atom is 0.274 e. The molecule has 7 nitrogen and oxygen atoms in total. The minimum Gasteiger partial charge on any atom is -0.495 e. The van der Waals surface area contributed by atoms with Crippen molar-refractivity contribution in [3.63, 3.8) is 0 Å². The number of ether oxygens (including phenoxy) is 1. The molecule has 0 atom stereocenters. The van der Waals surface area contributed by atoms with E-state index in [0.29, 0.717) is 22.7 Å². The first-order valence-corrected chi connectivity index (χ1v) is 8.63. The van der Waals surface area contributed by atoms with Gasteiger partial charge in [0.15, 0.2) is 5.78 Å². The average Bonchev–Trinajstić information content (AvgIpc) is 2.69. The quantitative estimate of drug-likeness (QED) is 0.632. The third-order valence-electron chi connectivity index (χ3n) is 4.04. The second-order valence-electron chi connectivity index (χ2n) is 6.18. The van der Waals surface area contributed by atoms with Crippen LogP contribution in [0.5, 0.6) is 5.75 Å². The molecule has 7 heteroatoms. The Bertz CT molecular complexity index is 1020. The number of ketones is 1. The second-order valence-corrected chi connectivity index (χ2v) is 6.18. The molecular formula is C21H20N4O3. The summed E-state index contributed by atoms with van der Waals surface area (Å²) < 4.78 is 5.28. The van der Waals surface area contributed by atoms with Crippen molar-refractivity contribution < 1.29 is 14.3 Å². The summed E-state index contributed by atoms with van der Waals surface area (Å²) in [6.07, 6.45) is 1.50. The minimum absolute atomic E-state index is 0.00644. The van der Waals surface area contributed by atoms with E-state index in [4.69, 9.17) is 4.74 Å². The Morgan fingerprint density at radius 2 is 1.79 bits per heavy atom. The van der Waals surface area contributed by atoms with E-state index >= 15 is 0 Å². The fraction of sp³-hybridized carbons (Fsp3) is 0.143. The number of carbonyl (C=O) groups excluding carboxylic acids is 2. The summed E-state index contributed by atoms with van der Waals surface area (Å²) in [6, 6.07) is 14.0. The number of Topliss-reactive ketones (excluding diaryl/α,β-unsaturated/α-hetero) is 1. The van der Waals surface area contributed by atoms with Gasteiger partial charge in [-0.1, -0.05) is 6.07 Å². The van der Waals surface area contributed by atoms with Crippen LogP contribution in [0.3, 0.4) is 0 Å². The molecular weight excluding hydrogens is 356 g/mol. The standard InChI is InChI=1S/C21H20N4O3/c1-13-4-9-19(28-3)18(12-13)24-20(27)17-10-11-22-21(25-17)23-16-7-5-15(6-8-16)14(2)26/h4-12H,1-3H3,(H,24,27)(H,22,23,25). The van der Waals surface area contributed by atoms with E-state index < -0.39 is 0 Å². The zero-order chi connectivity index (χ0) is 20.1. The van der Waals surface area contributed by atoms with E-state index in [1.54, 1.807) is 37.4 Å². The lowest BCUT2D eigenvalue weighted by atomic mass is 10.1. The van der Waals surface area contributed by atoms with Crippen LogP contribution in [-0.4, -0.2) is 28.8 Å². The van der Waals surface area contributed by atoms with Gasteiger partial charge in [-0.15, -0.1) is 0 Å². The maximum atomic E-state index is 12.6. The lowest BCUT2D eigenvalue weighted by molar-refractivity contribution is 0.101. The molecule has 2 N–H and O–H groups in total. The molecule has 3 rings (SSSR count). The molecule has 0 bridgehead atoms. The molecule has 0 aliphatic heterocycles. The van der Waals surface area contributed by atoms with Crippen molar-refractivity contribution in [2.24, 2.45) is 0 Å². The first kappa shape index (κ1) is 19.0. The van der Waals surface area contributed by atoms with Gasteiger partial charge < -0.3 is 15.4 Å². The molecule has 0 saturated carbocycles. The number of aromatic nitrogens is 2. The number of benzene rings is 2. The van der Waals surface area contributed by atoms with Gasteiger partial charge in [-0.3, -0.25) is 9.59 Å². The van der Waals surface area contributed by atoms with Crippen LogP contribution in [0.15, 0.2) is 54.7 Å². The van der Waals surface area contributed by atoms with E-state index in [0.717, 1.165) is 5.56 Å². The molecule has 1 heterocycles. The third kappa shape index (κ3) is 4.50. The smallest absolute Gasteiger partial charge is 0.274 e. The lowest BCUT2D eigenvalue weighted by Gasteiger charge is -2.11. The molecule has 28 heavy (non-hydrogen) atoms. The molecule has 0 aliphatic rings. The predicted octanol–water partition coefficient (Wildman–Crippen LogP) is 3.99. The fourth-order valence-corrected chi connectivity index (χ4v) is 2.57. The topological polar surface area (TPSA) is 93.2 Å². The fourth-order valence-electron chi connectivity index (χ4n) is 2.57. The number of carbonyl (C=O) groups is 2. The van der Waals surface area contributed by atoms with Gasteiger partial charge in [0.1, 0.15) is 11.4 Å². The van der Waals surface area contributed by atoms with Crippen LogP contribution in [0.4, 0.5) is 17.3 Å². The number of methoxy groups -OCH3 is 1. The Morgan fingerprint density at radius 3 is 2.46 bits per heavy atom. The van der Waals surface area contributed by atoms with E-state index in [1.165, 1.54) is 19.2 Å². The van der Waals surface area contributed by atoms with Gasteiger partial charge in [-0.25, -0.2) is 9.97 Å². The number of nitrogens with zero attached hydrogens (tertiary/aromatic N) is 2. The van der Waals surface area contributed by atoms with Gasteiger partial charge in [0.05, 0.1) is 12.8 Å². The van der Waals surface area contributed by atoms with E-state index in [1.807, 2.05) is 19.1 Å². The van der Waals surface area contributed by atoms with Gasteiger partial charge in [-0.2, -0.15) is 0 Å². The third-order valence-corrected chi connectivity index (χ3v) is 4.04. The highest BCUT2D eigenvalue weighted by Crippen LogP contribution is 2.25. The summed E-state index contributed by atoms with van der Waals surface area (Å²) in [7, 11) is 1.55. The Morgan fingerprint density at radius 1 is 1.04 bits per heavy atom. The van der Waals surface area contributed by atoms with Crippen LogP contribution in [0.25, 0.3) is 0 Å². The Kier molecular flexibility index (Phi) is 5.64. The Balaban J connectivity index is 1.76. The number of aryl methyl sites for hydroxylation is 1. The van der Waals surface area contributed by atoms with Crippen molar-refractivity contribution >= 4 is 29.0 Å².